The van der Waals surface area contributed by atoms with E-state index in [4.69, 9.17) is 9.47 Å². The minimum Gasteiger partial charge on any atom is -0.504 e. The number of hydrogen-bond donors (Lipinski definition) is 2. The summed E-state index contributed by atoms with van der Waals surface area (Å²) in [5.74, 6) is 0.635. The van der Waals surface area contributed by atoms with Crippen molar-refractivity contribution in [2.75, 3.05) is 20.8 Å². The van der Waals surface area contributed by atoms with E-state index >= 15 is 0 Å². The average molecular weight is 375 g/mol. The zero-order valence-corrected chi connectivity index (χ0v) is 14.9. The molecule has 2 aromatic carbocycles. The number of ether oxygens (including phenoxy) is 2. The molecule has 1 aliphatic rings. The van der Waals surface area contributed by atoms with Crippen molar-refractivity contribution in [3.05, 3.63) is 47.5 Å². The van der Waals surface area contributed by atoms with Crippen LogP contribution in [0.5, 0.6) is 17.2 Å². The summed E-state index contributed by atoms with van der Waals surface area (Å²) in [6, 6.07) is 9.76. The third kappa shape index (κ3) is 3.33. The molecule has 0 atom stereocenters. The minimum atomic E-state index is -3.77. The lowest BCUT2D eigenvalue weighted by Crippen LogP contribution is -2.18. The van der Waals surface area contributed by atoms with E-state index in [0.29, 0.717) is 22.6 Å². The molecule has 0 saturated carbocycles. The summed E-state index contributed by atoms with van der Waals surface area (Å²) in [5.41, 5.74) is 4.34. The van der Waals surface area contributed by atoms with Gasteiger partial charge in [0.2, 0.25) is 0 Å². The van der Waals surface area contributed by atoms with Crippen molar-refractivity contribution in [2.45, 2.75) is 4.90 Å². The van der Waals surface area contributed by atoms with Crippen LogP contribution in [-0.2, 0) is 10.0 Å². The van der Waals surface area contributed by atoms with Gasteiger partial charge in [0.05, 0.1) is 32.7 Å². The Bertz CT molecular complexity index is 999. The second-order valence-electron chi connectivity index (χ2n) is 5.37. The van der Waals surface area contributed by atoms with Crippen LogP contribution in [0.15, 0.2) is 50.8 Å². The predicted molar refractivity (Wildman–Crippen MR) is 97.0 cm³/mol. The fraction of sp³-hybridized carbons (Fsp3) is 0.176. The fourth-order valence-electron chi connectivity index (χ4n) is 2.55. The van der Waals surface area contributed by atoms with Crippen molar-refractivity contribution >= 4 is 21.9 Å². The molecule has 1 heterocycles. The van der Waals surface area contributed by atoms with Crippen molar-refractivity contribution in [3.8, 4) is 17.2 Å². The molecule has 1 aliphatic heterocycles. The van der Waals surface area contributed by atoms with Crippen LogP contribution in [-0.4, -0.2) is 46.2 Å². The van der Waals surface area contributed by atoms with E-state index in [1.807, 2.05) is 0 Å². The molecule has 26 heavy (non-hydrogen) atoms. The lowest BCUT2D eigenvalue weighted by Gasteiger charge is -2.06. The Morgan fingerprint density at radius 1 is 1.19 bits per heavy atom. The zero-order chi connectivity index (χ0) is 18.7. The quantitative estimate of drug-likeness (QED) is 0.585. The topological polar surface area (TPSA) is 110 Å². The van der Waals surface area contributed by atoms with Crippen LogP contribution in [0, 0.1) is 0 Å². The zero-order valence-electron chi connectivity index (χ0n) is 14.1. The smallest absolute Gasteiger partial charge is 0.286 e. The Morgan fingerprint density at radius 3 is 2.69 bits per heavy atom. The maximum atomic E-state index is 12.2. The first-order valence-electron chi connectivity index (χ1n) is 7.60. The van der Waals surface area contributed by atoms with E-state index in [1.165, 1.54) is 26.5 Å². The van der Waals surface area contributed by atoms with Gasteiger partial charge >= 0.3 is 0 Å². The molecule has 0 bridgehead atoms. The molecule has 0 aliphatic carbocycles. The van der Waals surface area contributed by atoms with Gasteiger partial charge in [-0.1, -0.05) is 12.1 Å². The number of sulfonamides is 1. The van der Waals surface area contributed by atoms with Gasteiger partial charge in [-0.2, -0.15) is 17.9 Å². The van der Waals surface area contributed by atoms with Gasteiger partial charge in [0.1, 0.15) is 10.6 Å². The van der Waals surface area contributed by atoms with Crippen LogP contribution in [0.3, 0.4) is 0 Å². The van der Waals surface area contributed by atoms with E-state index in [0.717, 1.165) is 0 Å². The summed E-state index contributed by atoms with van der Waals surface area (Å²) >= 11 is 0. The molecule has 9 heteroatoms. The number of phenols is 1. The summed E-state index contributed by atoms with van der Waals surface area (Å²) in [5, 5.41) is 13.6. The van der Waals surface area contributed by atoms with Crippen LogP contribution >= 0.6 is 0 Å². The number of hydrogen-bond acceptors (Lipinski definition) is 7. The number of rotatable bonds is 6. The predicted octanol–water partition coefficient (Wildman–Crippen LogP) is 1.52. The second kappa shape index (κ2) is 7.04. The summed E-state index contributed by atoms with van der Waals surface area (Å²) < 4.78 is 38.4. The van der Waals surface area contributed by atoms with Crippen LogP contribution in [0.1, 0.15) is 11.1 Å². The van der Waals surface area contributed by atoms with Crippen molar-refractivity contribution in [1.82, 2.24) is 5.43 Å². The first-order valence-corrected chi connectivity index (χ1v) is 9.04. The molecular weight excluding hydrogens is 358 g/mol. The van der Waals surface area contributed by atoms with Crippen molar-refractivity contribution < 1.29 is 23.0 Å². The van der Waals surface area contributed by atoms with Gasteiger partial charge in [-0.15, -0.1) is 0 Å². The highest BCUT2D eigenvalue weighted by atomic mass is 32.2. The molecule has 3 rings (SSSR count). The number of benzene rings is 2. The number of nitrogens with zero attached hydrogens (tertiary/aromatic N) is 2. The highest BCUT2D eigenvalue weighted by Crippen LogP contribution is 2.34. The molecule has 0 fully saturated rings. The van der Waals surface area contributed by atoms with Gasteiger partial charge in [0.15, 0.2) is 11.5 Å². The molecule has 2 N–H and O–H groups in total. The van der Waals surface area contributed by atoms with Gasteiger partial charge in [0.25, 0.3) is 10.0 Å². The molecule has 136 valence electrons. The van der Waals surface area contributed by atoms with E-state index < -0.39 is 10.0 Å². The Morgan fingerprint density at radius 2 is 1.96 bits per heavy atom. The van der Waals surface area contributed by atoms with Gasteiger partial charge in [-0.05, 0) is 29.8 Å². The largest absolute Gasteiger partial charge is 0.504 e. The van der Waals surface area contributed by atoms with Gasteiger partial charge in [-0.3, -0.25) is 0 Å². The summed E-state index contributed by atoms with van der Waals surface area (Å²) in [6.45, 7) is 0.130. The standard InChI is InChI=1S/C17H17N3O5S/c1-24-15-5-3-4-12-13(20-26(22,23)17(12)15)10-19-18-9-11-6-7-14(21)16(8-11)25-2/h3-9,19,21H,10H2,1-2H3/b18-9+. The Balaban J connectivity index is 1.74. The molecule has 8 nitrogen and oxygen atoms in total. The molecule has 0 spiro atoms. The third-order valence-corrected chi connectivity index (χ3v) is 5.15. The van der Waals surface area contributed by atoms with Crippen LogP contribution in [0.4, 0.5) is 0 Å². The summed E-state index contributed by atoms with van der Waals surface area (Å²) in [7, 11) is -0.903. The molecule has 0 amide bonds. The number of aromatic hydroxyl groups is 1. The van der Waals surface area contributed by atoms with Crippen molar-refractivity contribution in [2.24, 2.45) is 9.50 Å². The van der Waals surface area contributed by atoms with Crippen molar-refractivity contribution in [1.29, 1.82) is 0 Å². The number of hydrazone groups is 1. The summed E-state index contributed by atoms with van der Waals surface area (Å²) in [6.07, 6.45) is 1.53. The van der Waals surface area contributed by atoms with Gasteiger partial charge in [0, 0.05) is 5.56 Å². The third-order valence-electron chi connectivity index (χ3n) is 3.75. The molecule has 0 saturated heterocycles. The van der Waals surface area contributed by atoms with E-state index in [9.17, 15) is 13.5 Å². The first kappa shape index (κ1) is 17.7. The lowest BCUT2D eigenvalue weighted by molar-refractivity contribution is 0.373. The lowest BCUT2D eigenvalue weighted by atomic mass is 10.1. The number of nitrogens with one attached hydrogen (secondary N) is 1. The number of phenolic OH excluding ortho intramolecular Hbond substituents is 1. The Kier molecular flexibility index (Phi) is 4.81. The molecule has 0 unspecified atom stereocenters. The normalized spacial score (nSPS) is 14.8. The van der Waals surface area contributed by atoms with E-state index in [-0.39, 0.29) is 22.9 Å². The van der Waals surface area contributed by atoms with Crippen LogP contribution in [0.2, 0.25) is 0 Å². The highest BCUT2D eigenvalue weighted by molar-refractivity contribution is 7.91. The molecule has 0 aromatic heterocycles. The maximum Gasteiger partial charge on any atom is 0.286 e. The van der Waals surface area contributed by atoms with Gasteiger partial charge in [-0.25, -0.2) is 0 Å². The van der Waals surface area contributed by atoms with Crippen molar-refractivity contribution in [3.63, 3.8) is 0 Å². The Hall–Kier alpha value is -3.07. The number of fused-ring (bicyclic) bond motifs is 1. The monoisotopic (exact) mass is 375 g/mol. The fourth-order valence-corrected chi connectivity index (χ4v) is 3.97. The summed E-state index contributed by atoms with van der Waals surface area (Å²) in [4.78, 5) is 0.0755. The second-order valence-corrected chi connectivity index (χ2v) is 6.92. The maximum absolute atomic E-state index is 12.2. The molecule has 0 radical (unpaired) electrons. The van der Waals surface area contributed by atoms with E-state index in [1.54, 1.807) is 30.3 Å². The molecular formula is C17H17N3O5S. The number of methoxy groups -OCH3 is 2. The van der Waals surface area contributed by atoms with Gasteiger partial charge < -0.3 is 20.0 Å². The molecule has 2 aromatic rings. The van der Waals surface area contributed by atoms with Crippen LogP contribution in [0.25, 0.3) is 0 Å². The van der Waals surface area contributed by atoms with Crippen LogP contribution < -0.4 is 14.9 Å². The first-order chi connectivity index (χ1) is 12.5. The van der Waals surface area contributed by atoms with E-state index in [2.05, 4.69) is 14.9 Å². The average Bonchev–Trinajstić information content (AvgIpc) is 2.90. The highest BCUT2D eigenvalue weighted by Gasteiger charge is 2.32. The Labute approximate surface area is 150 Å². The minimum absolute atomic E-state index is 0.0358. The SMILES string of the molecule is COc1cc(/C=N/NCC2=NS(=O)(=O)c3c(OC)cccc32)ccc1O.